The van der Waals surface area contributed by atoms with Crippen LogP contribution in [-0.4, -0.2) is 5.78 Å². The molecule has 0 aliphatic carbocycles. The van der Waals surface area contributed by atoms with Crippen LogP contribution in [0.3, 0.4) is 0 Å². The molecule has 0 amide bonds. The van der Waals surface area contributed by atoms with E-state index in [0.717, 1.165) is 32.3 Å². The lowest BCUT2D eigenvalue weighted by Gasteiger charge is -2.18. The first-order valence-electron chi connectivity index (χ1n) is 7.13. The molecule has 0 aliphatic rings. The molecule has 0 saturated carbocycles. The summed E-state index contributed by atoms with van der Waals surface area (Å²) in [5.74, 6) is 0.126. The lowest BCUT2D eigenvalue weighted by Crippen LogP contribution is -2.11. The number of halogens is 1. The average Bonchev–Trinajstić information content (AvgIpc) is 2.43. The van der Waals surface area contributed by atoms with Crippen molar-refractivity contribution < 1.29 is 4.79 Å². The van der Waals surface area contributed by atoms with Gasteiger partial charge in [0.05, 0.1) is 0 Å². The van der Waals surface area contributed by atoms with Crippen molar-refractivity contribution in [3.05, 3.63) is 67.2 Å². The summed E-state index contributed by atoms with van der Waals surface area (Å²) >= 11 is 3.45. The summed E-state index contributed by atoms with van der Waals surface area (Å²) in [4.78, 5) is 13.0. The third-order valence-electron chi connectivity index (χ3n) is 4.66. The van der Waals surface area contributed by atoms with Gasteiger partial charge in [0.2, 0.25) is 0 Å². The molecule has 0 aliphatic heterocycles. The van der Waals surface area contributed by atoms with Crippen LogP contribution in [0.2, 0.25) is 0 Å². The Morgan fingerprint density at radius 1 is 0.810 bits per heavy atom. The van der Waals surface area contributed by atoms with Gasteiger partial charge in [-0.05, 0) is 93.1 Å². The number of ketones is 1. The maximum Gasteiger partial charge on any atom is 0.193 e. The van der Waals surface area contributed by atoms with Crippen LogP contribution in [0, 0.1) is 41.5 Å². The van der Waals surface area contributed by atoms with Gasteiger partial charge in [0.15, 0.2) is 5.78 Å². The van der Waals surface area contributed by atoms with Crippen molar-refractivity contribution in [3.63, 3.8) is 0 Å². The quantitative estimate of drug-likeness (QED) is 0.654. The van der Waals surface area contributed by atoms with Crippen molar-refractivity contribution in [3.8, 4) is 0 Å². The summed E-state index contributed by atoms with van der Waals surface area (Å²) in [5.41, 5.74) is 8.57. The first-order valence-corrected chi connectivity index (χ1v) is 7.92. The molecule has 21 heavy (non-hydrogen) atoms. The first kappa shape index (κ1) is 16.0. The molecule has 0 heterocycles. The molecule has 0 unspecified atom stereocenters. The molecule has 0 N–H and O–H groups in total. The summed E-state index contributed by atoms with van der Waals surface area (Å²) in [6.45, 7) is 12.4. The lowest BCUT2D eigenvalue weighted by atomic mass is 9.85. The van der Waals surface area contributed by atoms with E-state index in [1.807, 2.05) is 25.1 Å². The van der Waals surface area contributed by atoms with E-state index in [2.05, 4.69) is 50.5 Å². The van der Waals surface area contributed by atoms with Crippen molar-refractivity contribution in [1.29, 1.82) is 0 Å². The fourth-order valence-electron chi connectivity index (χ4n) is 2.86. The van der Waals surface area contributed by atoms with Crippen LogP contribution in [0.15, 0.2) is 22.7 Å². The van der Waals surface area contributed by atoms with Gasteiger partial charge < -0.3 is 0 Å². The number of hydrogen-bond acceptors (Lipinski definition) is 1. The molecular formula is C19H21BrO. The maximum absolute atomic E-state index is 13.0. The topological polar surface area (TPSA) is 17.1 Å². The standard InChI is InChI=1S/C19H21BrO/c1-10-9-16(20)7-8-17(10)19(21)18-14(5)12(3)11(2)13(4)15(18)6/h7-9H,1-6H3. The molecule has 2 heteroatoms. The average molecular weight is 345 g/mol. The Kier molecular flexibility index (Phi) is 4.38. The third-order valence-corrected chi connectivity index (χ3v) is 5.15. The summed E-state index contributed by atoms with van der Waals surface area (Å²) in [6.07, 6.45) is 0. The van der Waals surface area contributed by atoms with E-state index < -0.39 is 0 Å². The van der Waals surface area contributed by atoms with Crippen LogP contribution < -0.4 is 0 Å². The second-order valence-corrected chi connectivity index (χ2v) is 6.70. The Morgan fingerprint density at radius 3 is 1.76 bits per heavy atom. The molecule has 2 aromatic rings. The van der Waals surface area contributed by atoms with Gasteiger partial charge in [-0.25, -0.2) is 0 Å². The molecule has 2 rings (SSSR count). The highest BCUT2D eigenvalue weighted by Crippen LogP contribution is 2.29. The Bertz CT molecular complexity index is 713. The smallest absolute Gasteiger partial charge is 0.193 e. The monoisotopic (exact) mass is 344 g/mol. The van der Waals surface area contributed by atoms with E-state index in [1.165, 1.54) is 16.7 Å². The Labute approximate surface area is 135 Å². The first-order chi connectivity index (χ1) is 9.75. The lowest BCUT2D eigenvalue weighted by molar-refractivity contribution is 0.103. The van der Waals surface area contributed by atoms with Crippen LogP contribution in [0.5, 0.6) is 0 Å². The van der Waals surface area contributed by atoms with Gasteiger partial charge in [0, 0.05) is 15.6 Å². The third kappa shape index (κ3) is 2.69. The van der Waals surface area contributed by atoms with Gasteiger partial charge in [0.1, 0.15) is 0 Å². The number of benzene rings is 2. The highest BCUT2D eigenvalue weighted by atomic mass is 79.9. The zero-order valence-corrected chi connectivity index (χ0v) is 15.1. The van der Waals surface area contributed by atoms with Crippen molar-refractivity contribution >= 4 is 21.7 Å². The molecule has 0 saturated heterocycles. The fraction of sp³-hybridized carbons (Fsp3) is 0.316. The fourth-order valence-corrected chi connectivity index (χ4v) is 3.33. The predicted octanol–water partition coefficient (Wildman–Crippen LogP) is 5.53. The minimum absolute atomic E-state index is 0.126. The van der Waals surface area contributed by atoms with Crippen molar-refractivity contribution in [2.24, 2.45) is 0 Å². The van der Waals surface area contributed by atoms with Crippen molar-refractivity contribution in [2.75, 3.05) is 0 Å². The number of rotatable bonds is 2. The van der Waals surface area contributed by atoms with E-state index >= 15 is 0 Å². The van der Waals surface area contributed by atoms with E-state index in [0.29, 0.717) is 0 Å². The molecule has 0 bridgehead atoms. The summed E-state index contributed by atoms with van der Waals surface area (Å²) in [5, 5.41) is 0. The van der Waals surface area contributed by atoms with Gasteiger partial charge in [-0.2, -0.15) is 0 Å². The van der Waals surface area contributed by atoms with Crippen LogP contribution in [0.1, 0.15) is 49.3 Å². The number of hydrogen-bond donors (Lipinski definition) is 0. The van der Waals surface area contributed by atoms with E-state index in [1.54, 1.807) is 0 Å². The summed E-state index contributed by atoms with van der Waals surface area (Å²) in [7, 11) is 0. The molecule has 0 spiro atoms. The largest absolute Gasteiger partial charge is 0.289 e. The summed E-state index contributed by atoms with van der Waals surface area (Å²) in [6, 6.07) is 5.83. The zero-order valence-electron chi connectivity index (χ0n) is 13.5. The second kappa shape index (κ2) is 5.76. The van der Waals surface area contributed by atoms with Gasteiger partial charge >= 0.3 is 0 Å². The number of carbonyl (C=O) groups is 1. The van der Waals surface area contributed by atoms with E-state index in [-0.39, 0.29) is 5.78 Å². The van der Waals surface area contributed by atoms with Gasteiger partial charge in [0.25, 0.3) is 0 Å². The van der Waals surface area contributed by atoms with E-state index in [9.17, 15) is 4.79 Å². The molecular weight excluding hydrogens is 324 g/mol. The normalized spacial score (nSPS) is 10.8. The second-order valence-electron chi connectivity index (χ2n) is 5.79. The van der Waals surface area contributed by atoms with Crippen LogP contribution >= 0.6 is 15.9 Å². The molecule has 0 atom stereocenters. The van der Waals surface area contributed by atoms with Gasteiger partial charge in [-0.1, -0.05) is 15.9 Å². The van der Waals surface area contributed by atoms with Gasteiger partial charge in [-0.15, -0.1) is 0 Å². The minimum atomic E-state index is 0.126. The maximum atomic E-state index is 13.0. The molecule has 0 fully saturated rings. The van der Waals surface area contributed by atoms with Gasteiger partial charge in [-0.3, -0.25) is 4.79 Å². The highest BCUT2D eigenvalue weighted by Gasteiger charge is 2.20. The van der Waals surface area contributed by atoms with Crippen molar-refractivity contribution in [2.45, 2.75) is 41.5 Å². The number of carbonyl (C=O) groups excluding carboxylic acids is 1. The Morgan fingerprint density at radius 2 is 1.29 bits per heavy atom. The summed E-state index contributed by atoms with van der Waals surface area (Å²) < 4.78 is 1.00. The number of aryl methyl sites for hydroxylation is 1. The van der Waals surface area contributed by atoms with Crippen LogP contribution in [0.25, 0.3) is 0 Å². The zero-order chi connectivity index (χ0) is 15.9. The Hall–Kier alpha value is -1.41. The Balaban J connectivity index is 2.70. The molecule has 1 nitrogen and oxygen atoms in total. The minimum Gasteiger partial charge on any atom is -0.289 e. The van der Waals surface area contributed by atoms with Crippen LogP contribution in [-0.2, 0) is 0 Å². The highest BCUT2D eigenvalue weighted by molar-refractivity contribution is 9.10. The molecule has 0 aromatic heterocycles. The molecule has 2 aromatic carbocycles. The molecule has 0 radical (unpaired) electrons. The van der Waals surface area contributed by atoms with Crippen molar-refractivity contribution in [1.82, 2.24) is 0 Å². The SMILES string of the molecule is Cc1cc(Br)ccc1C(=O)c1c(C)c(C)c(C)c(C)c1C. The molecule has 110 valence electrons. The van der Waals surface area contributed by atoms with Crippen LogP contribution in [0.4, 0.5) is 0 Å². The van der Waals surface area contributed by atoms with E-state index in [4.69, 9.17) is 0 Å². The predicted molar refractivity (Wildman–Crippen MR) is 92.4 cm³/mol.